The SMILES string of the molecule is CC(C)(C)Cc1cc(-c2cccc(C(C)(C)C)c2)c(N2c3cc(-n4c5ccc(-c6ccccc6)cc5c5cc(-c6ccccc6)ccc54)ccc3B3c4ccc(-n5c6ccc(-c7ccccc7)cc6c6cc(-c7ccccc7)ccc65)cc4N(c4c(-c5cccc(C(C)(C)C)c5)cc(CC(C)(C)C)cc4-c4cccc(C(C)(C)C)c4)c4cc(CC(C)(C)C)cc2c43)c(-c2cccc(C(C)(C)C)c2)c1. The average molecular weight is 1790 g/mol. The smallest absolute Gasteiger partial charge is 0.252 e. The molecule has 0 atom stereocenters. The molecule has 0 unspecified atom stereocenters. The molecule has 138 heavy (non-hydrogen) atoms. The number of anilines is 6. The molecule has 4 nitrogen and oxygen atoms in total. The molecular weight excluding hydrogens is 1660 g/mol. The zero-order valence-corrected chi connectivity index (χ0v) is 84.6. The highest BCUT2D eigenvalue weighted by molar-refractivity contribution is 7.00. The van der Waals surface area contributed by atoms with Gasteiger partial charge in [0.1, 0.15) is 0 Å². The number of aromatic nitrogens is 2. The van der Waals surface area contributed by atoms with Crippen molar-refractivity contribution in [3.05, 3.63) is 403 Å². The van der Waals surface area contributed by atoms with E-state index in [1.165, 1.54) is 166 Å². The van der Waals surface area contributed by atoms with Crippen LogP contribution in [0.3, 0.4) is 0 Å². The summed E-state index contributed by atoms with van der Waals surface area (Å²) in [6.45, 7) is 49.9. The first-order valence-corrected chi connectivity index (χ1v) is 50.0. The molecule has 5 heteroatoms. The van der Waals surface area contributed by atoms with Crippen LogP contribution in [-0.2, 0) is 40.9 Å². The number of fused-ring (bicyclic) bond motifs is 10. The van der Waals surface area contributed by atoms with Crippen molar-refractivity contribution in [1.29, 1.82) is 0 Å². The monoisotopic (exact) mass is 1790 g/mol. The van der Waals surface area contributed by atoms with E-state index < -0.39 is 0 Å². The van der Waals surface area contributed by atoms with Crippen molar-refractivity contribution in [3.63, 3.8) is 0 Å². The summed E-state index contributed by atoms with van der Waals surface area (Å²) in [5, 5.41) is 4.80. The van der Waals surface area contributed by atoms with Crippen molar-refractivity contribution in [3.8, 4) is 100 Å². The van der Waals surface area contributed by atoms with E-state index in [1.807, 2.05) is 0 Å². The van der Waals surface area contributed by atoms with Gasteiger partial charge in [0.25, 0.3) is 6.71 Å². The Hall–Kier alpha value is -14.0. The Bertz CT molecular complexity index is 7170. The van der Waals surface area contributed by atoms with Crippen molar-refractivity contribution < 1.29 is 0 Å². The maximum absolute atomic E-state index is 2.84. The third-order valence-electron chi connectivity index (χ3n) is 28.7. The van der Waals surface area contributed by atoms with Crippen LogP contribution in [0, 0.1) is 16.2 Å². The van der Waals surface area contributed by atoms with Gasteiger partial charge in [0.15, 0.2) is 0 Å². The Labute approximate surface area is 819 Å². The third kappa shape index (κ3) is 17.1. The first kappa shape index (κ1) is 90.5. The van der Waals surface area contributed by atoms with Crippen LogP contribution in [0.1, 0.15) is 184 Å². The molecule has 0 bridgehead atoms. The summed E-state index contributed by atoms with van der Waals surface area (Å²) in [5.74, 6) is 0. The summed E-state index contributed by atoms with van der Waals surface area (Å²) in [5.41, 5.74) is 44.3. The van der Waals surface area contributed by atoms with E-state index in [-0.39, 0.29) is 44.6 Å². The van der Waals surface area contributed by atoms with Crippen molar-refractivity contribution in [1.82, 2.24) is 9.13 Å². The summed E-state index contributed by atoms with van der Waals surface area (Å²) in [6, 6.07) is 142. The third-order valence-corrected chi connectivity index (χ3v) is 28.7. The van der Waals surface area contributed by atoms with E-state index in [9.17, 15) is 0 Å². The van der Waals surface area contributed by atoms with Crippen LogP contribution in [0.4, 0.5) is 34.1 Å². The Morgan fingerprint density at radius 2 is 0.449 bits per heavy atom. The maximum Gasteiger partial charge on any atom is 0.252 e. The Balaban J connectivity index is 0.956. The minimum atomic E-state index is -0.333. The lowest BCUT2D eigenvalue weighted by atomic mass is 9.33. The largest absolute Gasteiger partial charge is 0.310 e. The van der Waals surface area contributed by atoms with Gasteiger partial charge in [-0.2, -0.15) is 0 Å². The molecule has 684 valence electrons. The highest BCUT2D eigenvalue weighted by Crippen LogP contribution is 2.57. The molecule has 0 saturated heterocycles. The van der Waals surface area contributed by atoms with Crippen molar-refractivity contribution in [2.75, 3.05) is 9.80 Å². The second kappa shape index (κ2) is 34.0. The Morgan fingerprint density at radius 3 is 0.696 bits per heavy atom. The van der Waals surface area contributed by atoms with Crippen LogP contribution < -0.4 is 26.2 Å². The van der Waals surface area contributed by atoms with Crippen LogP contribution in [0.25, 0.3) is 144 Å². The highest BCUT2D eigenvalue weighted by atomic mass is 15.2. The molecule has 0 radical (unpaired) electrons. The standard InChI is InChI=1S/C133H129BN4/c1-127(2,3)82-85-66-106(96-46-34-50-100(72-96)130(10,11)12)125(107(67-85)97-47-35-51-101(73-97)131(13,14)15)137-120-80-104(135-116-62-54-92(88-38-26-22-27-39-88)76-110(116)111-77-93(55-63-117(111)135)89-40-28-23-29-41-89)58-60-114(120)134-115-61-59-105(136-118-64-56-94(90-42-30-24-31-43-90)78-112(118)113-79-95(57-65-119(113)136)91-44-32-25-33-45-91)81-121(115)138(123-71-87(84-129(7,8)9)70-122(137)124(123)134)126-108(98-48-36-52-102(74-98)132(16,17)18)68-86(83-128(4,5)6)69-109(126)99-49-37-53-103(75-99)133(19,20)21/h22-81H,82-84H2,1-21H3. The molecule has 2 aliphatic heterocycles. The Morgan fingerprint density at radius 1 is 0.203 bits per heavy atom. The van der Waals surface area contributed by atoms with Crippen molar-refractivity contribution in [2.24, 2.45) is 16.2 Å². The molecule has 2 aromatic heterocycles. The Kier molecular flexibility index (Phi) is 22.3. The molecule has 19 aromatic rings. The quantitative estimate of drug-likeness (QED) is 0.0951. The van der Waals surface area contributed by atoms with Crippen LogP contribution in [0.15, 0.2) is 364 Å². The van der Waals surface area contributed by atoms with E-state index in [0.29, 0.717) is 0 Å². The molecule has 0 saturated carbocycles. The normalized spacial score (nSPS) is 13.2. The second-order valence-corrected chi connectivity index (χ2v) is 47.3. The predicted octanol–water partition coefficient (Wildman–Crippen LogP) is 35.3. The van der Waals surface area contributed by atoms with Gasteiger partial charge < -0.3 is 18.9 Å². The minimum Gasteiger partial charge on any atom is -0.310 e. The van der Waals surface area contributed by atoms with E-state index in [1.54, 1.807) is 0 Å². The lowest BCUT2D eigenvalue weighted by molar-refractivity contribution is 0.411. The van der Waals surface area contributed by atoms with E-state index in [0.717, 1.165) is 86.8 Å². The fourth-order valence-electron chi connectivity index (χ4n) is 22.1. The summed E-state index contributed by atoms with van der Waals surface area (Å²) in [7, 11) is 0. The van der Waals surface area contributed by atoms with Gasteiger partial charge in [-0.25, -0.2) is 0 Å². The molecular formula is C133H129BN4. The van der Waals surface area contributed by atoms with E-state index in [4.69, 9.17) is 0 Å². The first-order valence-electron chi connectivity index (χ1n) is 50.0. The highest BCUT2D eigenvalue weighted by Gasteiger charge is 2.47. The van der Waals surface area contributed by atoms with Gasteiger partial charge in [-0.15, -0.1) is 0 Å². The topological polar surface area (TPSA) is 16.3 Å². The number of benzene rings is 17. The number of hydrogen-bond acceptors (Lipinski definition) is 2. The van der Waals surface area contributed by atoms with Gasteiger partial charge in [-0.3, -0.25) is 0 Å². The zero-order chi connectivity index (χ0) is 96.2. The summed E-state index contributed by atoms with van der Waals surface area (Å²) < 4.78 is 5.18. The van der Waals surface area contributed by atoms with Crippen LogP contribution in [0.2, 0.25) is 0 Å². The molecule has 17 aromatic carbocycles. The van der Waals surface area contributed by atoms with Gasteiger partial charge in [-0.1, -0.05) is 400 Å². The second-order valence-electron chi connectivity index (χ2n) is 47.3. The molecule has 21 rings (SSSR count). The first-order chi connectivity index (χ1) is 65.8. The van der Waals surface area contributed by atoms with Gasteiger partial charge in [-0.05, 0) is 288 Å². The number of nitrogens with zero attached hydrogens (tertiary/aromatic N) is 4. The zero-order valence-electron chi connectivity index (χ0n) is 84.6. The van der Waals surface area contributed by atoms with Crippen molar-refractivity contribution in [2.45, 2.75) is 186 Å². The fourth-order valence-corrected chi connectivity index (χ4v) is 22.1. The van der Waals surface area contributed by atoms with Gasteiger partial charge >= 0.3 is 0 Å². The van der Waals surface area contributed by atoms with E-state index >= 15 is 0 Å². The predicted molar refractivity (Wildman–Crippen MR) is 597 cm³/mol. The van der Waals surface area contributed by atoms with Gasteiger partial charge in [0.05, 0.1) is 33.4 Å². The van der Waals surface area contributed by atoms with Crippen LogP contribution >= 0.6 is 0 Å². The molecule has 2 aliphatic rings. The molecule has 0 fully saturated rings. The van der Waals surface area contributed by atoms with Crippen LogP contribution in [-0.4, -0.2) is 15.8 Å². The minimum absolute atomic E-state index is 0.0658. The molecule has 4 heterocycles. The van der Waals surface area contributed by atoms with Gasteiger partial charge in [0.2, 0.25) is 0 Å². The summed E-state index contributed by atoms with van der Waals surface area (Å²) in [4.78, 5) is 5.68. The number of rotatable bonds is 15. The lowest BCUT2D eigenvalue weighted by Crippen LogP contribution is -2.61. The van der Waals surface area contributed by atoms with Gasteiger partial charge in [0, 0.05) is 77.9 Å². The summed E-state index contributed by atoms with van der Waals surface area (Å²) >= 11 is 0. The lowest BCUT2D eigenvalue weighted by Gasteiger charge is -2.46. The molecule has 0 amide bonds. The average Bonchev–Trinajstić information content (AvgIpc) is 0.758. The molecule has 0 N–H and O–H groups in total. The summed E-state index contributed by atoms with van der Waals surface area (Å²) in [6.07, 6.45) is 2.50. The van der Waals surface area contributed by atoms with Crippen molar-refractivity contribution >= 4 is 101 Å². The maximum atomic E-state index is 2.84. The van der Waals surface area contributed by atoms with Crippen LogP contribution in [0.5, 0.6) is 0 Å². The molecule has 0 aliphatic carbocycles. The van der Waals surface area contributed by atoms with E-state index in [2.05, 4.69) is 528 Å². The molecule has 0 spiro atoms. The number of hydrogen-bond donors (Lipinski definition) is 0. The fraction of sp³-hybridized carbons (Fsp3) is 0.233.